The maximum atomic E-state index is 11.8. The third-order valence-corrected chi connectivity index (χ3v) is 3.14. The number of alkyl halides is 3. The molecule has 0 aliphatic heterocycles. The molecular formula is C10H14F3N3O3S. The lowest BCUT2D eigenvalue weighted by Crippen LogP contribution is -2.42. The first-order valence-corrected chi connectivity index (χ1v) is 6.96. The second-order valence-corrected chi connectivity index (χ2v) is 5.30. The van der Waals surface area contributed by atoms with Gasteiger partial charge in [-0.3, -0.25) is 0 Å². The highest BCUT2D eigenvalue weighted by molar-refractivity contribution is 7.87. The molecule has 0 heterocycles. The molecule has 0 aliphatic carbocycles. The number of benzene rings is 1. The first-order valence-electron chi connectivity index (χ1n) is 5.48. The van der Waals surface area contributed by atoms with Crippen LogP contribution in [0.1, 0.15) is 0 Å². The maximum Gasteiger partial charge on any atom is 0.402 e. The highest BCUT2D eigenvalue weighted by atomic mass is 32.2. The first kappa shape index (κ1) is 16.5. The zero-order valence-corrected chi connectivity index (χ0v) is 11.1. The molecule has 0 radical (unpaired) electrons. The number of ether oxygens (including phenoxy) is 1. The molecule has 0 aromatic heterocycles. The Kier molecular flexibility index (Phi) is 5.60. The lowest BCUT2D eigenvalue weighted by atomic mass is 10.3. The second kappa shape index (κ2) is 6.77. The van der Waals surface area contributed by atoms with Gasteiger partial charge in [0.2, 0.25) is 0 Å². The zero-order chi connectivity index (χ0) is 15.2. The monoisotopic (exact) mass is 313 g/mol. The van der Waals surface area contributed by atoms with Crippen LogP contribution in [-0.2, 0) is 10.2 Å². The zero-order valence-electron chi connectivity index (χ0n) is 10.3. The van der Waals surface area contributed by atoms with E-state index in [1.165, 1.54) is 4.72 Å². The molecule has 0 atom stereocenters. The van der Waals surface area contributed by atoms with Crippen molar-refractivity contribution in [1.29, 1.82) is 0 Å². The molecule has 4 N–H and O–H groups in total. The quantitative estimate of drug-likeness (QED) is 0.508. The van der Waals surface area contributed by atoms with Crippen LogP contribution in [0.3, 0.4) is 0 Å². The minimum Gasteiger partial charge on any atom is -0.490 e. The van der Waals surface area contributed by atoms with Crippen molar-refractivity contribution in [2.45, 2.75) is 6.18 Å². The molecular weight excluding hydrogens is 299 g/mol. The van der Waals surface area contributed by atoms with Crippen LogP contribution in [0.15, 0.2) is 24.3 Å². The van der Waals surface area contributed by atoms with Gasteiger partial charge in [-0.05, 0) is 12.1 Å². The predicted molar refractivity (Wildman–Crippen MR) is 67.3 cm³/mol. The smallest absolute Gasteiger partial charge is 0.402 e. The van der Waals surface area contributed by atoms with E-state index >= 15 is 0 Å². The van der Waals surface area contributed by atoms with Gasteiger partial charge in [0.15, 0.2) is 0 Å². The van der Waals surface area contributed by atoms with Gasteiger partial charge < -0.3 is 10.5 Å². The van der Waals surface area contributed by atoms with E-state index in [1.807, 2.05) is 4.72 Å². The van der Waals surface area contributed by atoms with E-state index in [0.717, 1.165) is 0 Å². The van der Waals surface area contributed by atoms with Crippen molar-refractivity contribution in [3.05, 3.63) is 24.3 Å². The number of nitrogen functional groups attached to an aromatic ring is 1. The molecule has 0 saturated carbocycles. The van der Waals surface area contributed by atoms with Crippen LogP contribution in [-0.4, -0.2) is 34.3 Å². The van der Waals surface area contributed by atoms with Crippen molar-refractivity contribution in [2.24, 2.45) is 0 Å². The predicted octanol–water partition coefficient (Wildman–Crippen LogP) is 0.634. The number of hydrogen-bond acceptors (Lipinski definition) is 4. The lowest BCUT2D eigenvalue weighted by molar-refractivity contribution is -0.121. The van der Waals surface area contributed by atoms with Crippen LogP contribution in [0.4, 0.5) is 18.9 Å². The molecule has 114 valence electrons. The summed E-state index contributed by atoms with van der Waals surface area (Å²) in [5.41, 5.74) is 5.96. The Hall–Kier alpha value is -1.52. The van der Waals surface area contributed by atoms with E-state index in [-0.39, 0.29) is 13.2 Å². The van der Waals surface area contributed by atoms with Gasteiger partial charge in [-0.15, -0.1) is 0 Å². The average molecular weight is 313 g/mol. The minimum atomic E-state index is -4.61. The van der Waals surface area contributed by atoms with Gasteiger partial charge >= 0.3 is 6.18 Å². The summed E-state index contributed by atoms with van der Waals surface area (Å²) in [4.78, 5) is 0. The molecule has 0 spiro atoms. The number of halogens is 3. The number of nitrogens with two attached hydrogens (primary N) is 1. The summed E-state index contributed by atoms with van der Waals surface area (Å²) < 4.78 is 66.3. The largest absolute Gasteiger partial charge is 0.490 e. The summed E-state index contributed by atoms with van der Waals surface area (Å²) in [5.74, 6) is 0.370. The van der Waals surface area contributed by atoms with Crippen LogP contribution >= 0.6 is 0 Å². The van der Waals surface area contributed by atoms with E-state index in [1.54, 1.807) is 24.3 Å². The average Bonchev–Trinajstić information content (AvgIpc) is 2.34. The summed E-state index contributed by atoms with van der Waals surface area (Å²) in [6.45, 7) is -1.89. The summed E-state index contributed by atoms with van der Waals surface area (Å²) >= 11 is 0. The second-order valence-electron chi connectivity index (χ2n) is 3.72. The van der Waals surface area contributed by atoms with Gasteiger partial charge in [0, 0.05) is 6.54 Å². The van der Waals surface area contributed by atoms with Crippen LogP contribution in [0.25, 0.3) is 0 Å². The van der Waals surface area contributed by atoms with Gasteiger partial charge in [0.1, 0.15) is 18.9 Å². The third-order valence-electron chi connectivity index (χ3n) is 2.03. The summed E-state index contributed by atoms with van der Waals surface area (Å²) in [6, 6.07) is 6.57. The Balaban J connectivity index is 2.32. The lowest BCUT2D eigenvalue weighted by Gasteiger charge is -2.11. The van der Waals surface area contributed by atoms with Crippen molar-refractivity contribution in [3.63, 3.8) is 0 Å². The normalized spacial score (nSPS) is 12.3. The Labute approximate surface area is 114 Å². The molecule has 0 amide bonds. The molecule has 20 heavy (non-hydrogen) atoms. The molecule has 0 fully saturated rings. The molecule has 1 aromatic carbocycles. The molecule has 1 aromatic rings. The van der Waals surface area contributed by atoms with E-state index in [4.69, 9.17) is 10.5 Å². The molecule has 10 heteroatoms. The number of para-hydroxylation sites is 2. The van der Waals surface area contributed by atoms with E-state index in [2.05, 4.69) is 0 Å². The van der Waals surface area contributed by atoms with Crippen molar-refractivity contribution in [3.8, 4) is 5.75 Å². The number of nitrogens with one attached hydrogen (secondary N) is 2. The van der Waals surface area contributed by atoms with Gasteiger partial charge in [0.05, 0.1) is 5.69 Å². The number of rotatable bonds is 7. The van der Waals surface area contributed by atoms with Crippen molar-refractivity contribution in [2.75, 3.05) is 25.4 Å². The summed E-state index contributed by atoms with van der Waals surface area (Å²) in [6.07, 6.45) is -4.61. The fraction of sp³-hybridized carbons (Fsp3) is 0.400. The van der Waals surface area contributed by atoms with Crippen LogP contribution in [0, 0.1) is 0 Å². The SMILES string of the molecule is Nc1ccccc1OCCNS(=O)(=O)NCC(F)(F)F. The van der Waals surface area contributed by atoms with Crippen LogP contribution in [0.2, 0.25) is 0 Å². The number of anilines is 1. The molecule has 0 aliphatic rings. The third kappa shape index (κ3) is 6.59. The molecule has 0 saturated heterocycles. The van der Waals surface area contributed by atoms with Gasteiger partial charge in [0.25, 0.3) is 10.2 Å². The molecule has 6 nitrogen and oxygen atoms in total. The van der Waals surface area contributed by atoms with E-state index in [0.29, 0.717) is 11.4 Å². The Morgan fingerprint density at radius 3 is 2.45 bits per heavy atom. The highest BCUT2D eigenvalue weighted by Gasteiger charge is 2.29. The molecule has 0 unspecified atom stereocenters. The van der Waals surface area contributed by atoms with Crippen molar-refractivity contribution < 1.29 is 26.3 Å². The fourth-order valence-electron chi connectivity index (χ4n) is 1.18. The van der Waals surface area contributed by atoms with Crippen LogP contribution in [0.5, 0.6) is 5.75 Å². The van der Waals surface area contributed by atoms with Gasteiger partial charge in [-0.25, -0.2) is 0 Å². The summed E-state index contributed by atoms with van der Waals surface area (Å²) in [7, 11) is -4.21. The molecule has 1 rings (SSSR count). The van der Waals surface area contributed by atoms with E-state index < -0.39 is 22.9 Å². The number of hydrogen-bond donors (Lipinski definition) is 3. The van der Waals surface area contributed by atoms with Crippen molar-refractivity contribution in [1.82, 2.24) is 9.44 Å². The maximum absolute atomic E-state index is 11.8. The van der Waals surface area contributed by atoms with Gasteiger partial charge in [-0.1, -0.05) is 12.1 Å². The Bertz CT molecular complexity index is 534. The Morgan fingerprint density at radius 2 is 1.85 bits per heavy atom. The first-order chi connectivity index (χ1) is 9.20. The van der Waals surface area contributed by atoms with Crippen molar-refractivity contribution >= 4 is 15.9 Å². The van der Waals surface area contributed by atoms with Gasteiger partial charge in [-0.2, -0.15) is 31.0 Å². The fourth-order valence-corrected chi connectivity index (χ4v) is 1.98. The highest BCUT2D eigenvalue weighted by Crippen LogP contribution is 2.19. The minimum absolute atomic E-state index is 0.0683. The standard InChI is InChI=1S/C10H14F3N3O3S/c11-10(12,13)7-16-20(17,18)15-5-6-19-9-4-2-1-3-8(9)14/h1-4,15-16H,5-7,14H2. The molecule has 0 bridgehead atoms. The Morgan fingerprint density at radius 1 is 1.20 bits per heavy atom. The summed E-state index contributed by atoms with van der Waals surface area (Å²) in [5, 5.41) is 0. The van der Waals surface area contributed by atoms with E-state index in [9.17, 15) is 21.6 Å². The van der Waals surface area contributed by atoms with Crippen LogP contribution < -0.4 is 19.9 Å². The topological polar surface area (TPSA) is 93.4 Å².